The SMILES string of the molecule is Cc1ccc(C)c([C@@H](C)NC(=O)CN(Cc2ccccc2Cl)S(C)(=O)=O)c1. The van der Waals surface area contributed by atoms with Gasteiger partial charge in [0.2, 0.25) is 15.9 Å². The lowest BCUT2D eigenvalue weighted by Crippen LogP contribution is -2.40. The van der Waals surface area contributed by atoms with Crippen molar-refractivity contribution in [1.82, 2.24) is 9.62 Å². The second-order valence-electron chi connectivity index (χ2n) is 6.77. The molecule has 2 rings (SSSR count). The lowest BCUT2D eigenvalue weighted by Gasteiger charge is -2.22. The number of nitrogens with zero attached hydrogens (tertiary/aromatic N) is 1. The fourth-order valence-corrected chi connectivity index (χ4v) is 3.78. The Morgan fingerprint density at radius 3 is 2.48 bits per heavy atom. The van der Waals surface area contributed by atoms with Crippen LogP contribution in [0.1, 0.15) is 35.2 Å². The van der Waals surface area contributed by atoms with Crippen LogP contribution < -0.4 is 5.32 Å². The first-order valence-electron chi connectivity index (χ1n) is 8.63. The molecule has 0 fully saturated rings. The van der Waals surface area contributed by atoms with Gasteiger partial charge >= 0.3 is 0 Å². The minimum Gasteiger partial charge on any atom is -0.348 e. The Kier molecular flexibility index (Phi) is 7.03. The van der Waals surface area contributed by atoms with Crippen molar-refractivity contribution in [2.75, 3.05) is 12.8 Å². The molecule has 0 heterocycles. The average molecular weight is 409 g/mol. The predicted molar refractivity (Wildman–Crippen MR) is 109 cm³/mol. The standard InChI is InChI=1S/C20H25ClN2O3S/c1-14-9-10-15(2)18(11-14)16(3)22-20(24)13-23(27(4,25)26)12-17-7-5-6-8-19(17)21/h5-11,16H,12-13H2,1-4H3,(H,22,24)/t16-/m1/s1. The molecular formula is C20H25ClN2O3S. The Labute approximate surface area is 166 Å². The smallest absolute Gasteiger partial charge is 0.235 e. The maximum Gasteiger partial charge on any atom is 0.235 e. The van der Waals surface area contributed by atoms with Crippen LogP contribution in [0.25, 0.3) is 0 Å². The van der Waals surface area contributed by atoms with Crippen LogP contribution in [0.2, 0.25) is 5.02 Å². The van der Waals surface area contributed by atoms with Gasteiger partial charge in [-0.1, -0.05) is 53.6 Å². The molecule has 146 valence electrons. The number of carbonyl (C=O) groups excluding carboxylic acids is 1. The molecular weight excluding hydrogens is 384 g/mol. The number of amides is 1. The van der Waals surface area contributed by atoms with Crippen LogP contribution in [-0.2, 0) is 21.4 Å². The van der Waals surface area contributed by atoms with Gasteiger partial charge in [0.05, 0.1) is 18.8 Å². The molecule has 5 nitrogen and oxygen atoms in total. The molecule has 0 spiro atoms. The Morgan fingerprint density at radius 1 is 1.19 bits per heavy atom. The van der Waals surface area contributed by atoms with E-state index >= 15 is 0 Å². The molecule has 7 heteroatoms. The van der Waals surface area contributed by atoms with Crippen molar-refractivity contribution >= 4 is 27.5 Å². The van der Waals surface area contributed by atoms with Gasteiger partial charge in [0.15, 0.2) is 0 Å². The first-order valence-corrected chi connectivity index (χ1v) is 10.9. The molecule has 0 aliphatic rings. The molecule has 0 saturated heterocycles. The molecule has 0 unspecified atom stereocenters. The highest BCUT2D eigenvalue weighted by Crippen LogP contribution is 2.20. The van der Waals surface area contributed by atoms with Crippen LogP contribution in [0, 0.1) is 13.8 Å². The number of benzene rings is 2. The summed E-state index contributed by atoms with van der Waals surface area (Å²) < 4.78 is 25.4. The van der Waals surface area contributed by atoms with Gasteiger partial charge in [-0.3, -0.25) is 4.79 Å². The van der Waals surface area contributed by atoms with Crippen LogP contribution in [0.3, 0.4) is 0 Å². The number of carbonyl (C=O) groups is 1. The summed E-state index contributed by atoms with van der Waals surface area (Å²) in [6.45, 7) is 5.64. The molecule has 2 aromatic carbocycles. The topological polar surface area (TPSA) is 66.5 Å². The van der Waals surface area contributed by atoms with Gasteiger partial charge in [-0.15, -0.1) is 0 Å². The quantitative estimate of drug-likeness (QED) is 0.761. The van der Waals surface area contributed by atoms with Crippen molar-refractivity contribution in [3.8, 4) is 0 Å². The summed E-state index contributed by atoms with van der Waals surface area (Å²) in [5.41, 5.74) is 3.85. The van der Waals surface area contributed by atoms with E-state index in [1.54, 1.807) is 24.3 Å². The normalized spacial score (nSPS) is 12.8. The highest BCUT2D eigenvalue weighted by Gasteiger charge is 2.22. The molecule has 27 heavy (non-hydrogen) atoms. The van der Waals surface area contributed by atoms with E-state index in [1.807, 2.05) is 39.0 Å². The Bertz CT molecular complexity index is 929. The van der Waals surface area contributed by atoms with E-state index in [2.05, 4.69) is 5.32 Å². The summed E-state index contributed by atoms with van der Waals surface area (Å²) in [4.78, 5) is 12.5. The van der Waals surface area contributed by atoms with Crippen molar-refractivity contribution in [1.29, 1.82) is 0 Å². The molecule has 1 atom stereocenters. The summed E-state index contributed by atoms with van der Waals surface area (Å²) >= 11 is 6.13. The van der Waals surface area contributed by atoms with Gasteiger partial charge in [-0.2, -0.15) is 4.31 Å². The van der Waals surface area contributed by atoms with E-state index in [0.717, 1.165) is 27.3 Å². The fourth-order valence-electron chi connectivity index (χ4n) is 2.86. The van der Waals surface area contributed by atoms with Gasteiger partial charge < -0.3 is 5.32 Å². The monoisotopic (exact) mass is 408 g/mol. The zero-order valence-electron chi connectivity index (χ0n) is 16.0. The van der Waals surface area contributed by atoms with E-state index in [9.17, 15) is 13.2 Å². The molecule has 1 amide bonds. The molecule has 2 aromatic rings. The summed E-state index contributed by atoms with van der Waals surface area (Å²) in [6.07, 6.45) is 1.09. The molecule has 0 aliphatic heterocycles. The molecule has 0 aliphatic carbocycles. The minimum atomic E-state index is -3.58. The molecule has 0 radical (unpaired) electrons. The number of aryl methyl sites for hydroxylation is 2. The third kappa shape index (κ3) is 6.06. The first-order chi connectivity index (χ1) is 12.6. The van der Waals surface area contributed by atoms with E-state index in [4.69, 9.17) is 11.6 Å². The zero-order chi connectivity index (χ0) is 20.2. The number of nitrogens with one attached hydrogen (secondary N) is 1. The second-order valence-corrected chi connectivity index (χ2v) is 9.16. The summed E-state index contributed by atoms with van der Waals surface area (Å²) in [5, 5.41) is 3.36. The minimum absolute atomic E-state index is 0.0454. The van der Waals surface area contributed by atoms with Gasteiger partial charge in [-0.05, 0) is 43.5 Å². The number of hydrogen-bond donors (Lipinski definition) is 1. The molecule has 0 aromatic heterocycles. The molecule has 0 saturated carbocycles. The molecule has 0 bridgehead atoms. The largest absolute Gasteiger partial charge is 0.348 e. The lowest BCUT2D eigenvalue weighted by atomic mass is 10.00. The second kappa shape index (κ2) is 8.87. The zero-order valence-corrected chi connectivity index (χ0v) is 17.6. The van der Waals surface area contributed by atoms with E-state index in [-0.39, 0.29) is 25.0 Å². The third-order valence-electron chi connectivity index (χ3n) is 4.37. The Balaban J connectivity index is 2.12. The van der Waals surface area contributed by atoms with Crippen LogP contribution in [0.5, 0.6) is 0 Å². The summed E-state index contributed by atoms with van der Waals surface area (Å²) in [7, 11) is -3.58. The average Bonchev–Trinajstić information content (AvgIpc) is 2.57. The maximum absolute atomic E-state index is 12.5. The number of halogens is 1. The van der Waals surface area contributed by atoms with E-state index in [1.165, 1.54) is 0 Å². The van der Waals surface area contributed by atoms with Crippen molar-refractivity contribution in [2.45, 2.75) is 33.4 Å². The highest BCUT2D eigenvalue weighted by atomic mass is 35.5. The third-order valence-corrected chi connectivity index (χ3v) is 5.94. The lowest BCUT2D eigenvalue weighted by molar-refractivity contribution is -0.122. The van der Waals surface area contributed by atoms with Gasteiger partial charge in [0.1, 0.15) is 0 Å². The predicted octanol–water partition coefficient (Wildman–Crippen LogP) is 3.60. The highest BCUT2D eigenvalue weighted by molar-refractivity contribution is 7.88. The van der Waals surface area contributed by atoms with Gasteiger partial charge in [0, 0.05) is 11.6 Å². The van der Waals surface area contributed by atoms with E-state index < -0.39 is 10.0 Å². The number of sulfonamides is 1. The van der Waals surface area contributed by atoms with Gasteiger partial charge in [0.25, 0.3) is 0 Å². The number of hydrogen-bond acceptors (Lipinski definition) is 3. The van der Waals surface area contributed by atoms with Crippen molar-refractivity contribution in [2.24, 2.45) is 0 Å². The van der Waals surface area contributed by atoms with Crippen LogP contribution in [0.4, 0.5) is 0 Å². The summed E-state index contributed by atoms with van der Waals surface area (Å²) in [5.74, 6) is -0.360. The first kappa shape index (κ1) is 21.4. The molecule has 1 N–H and O–H groups in total. The van der Waals surface area contributed by atoms with Crippen LogP contribution >= 0.6 is 11.6 Å². The van der Waals surface area contributed by atoms with Crippen molar-refractivity contribution in [3.05, 3.63) is 69.7 Å². The van der Waals surface area contributed by atoms with Crippen molar-refractivity contribution in [3.63, 3.8) is 0 Å². The Morgan fingerprint density at radius 2 is 1.85 bits per heavy atom. The fraction of sp³-hybridized carbons (Fsp3) is 0.350. The van der Waals surface area contributed by atoms with Gasteiger partial charge in [-0.25, -0.2) is 8.42 Å². The van der Waals surface area contributed by atoms with Crippen LogP contribution in [-0.4, -0.2) is 31.4 Å². The van der Waals surface area contributed by atoms with Crippen molar-refractivity contribution < 1.29 is 13.2 Å². The summed E-state index contributed by atoms with van der Waals surface area (Å²) in [6, 6.07) is 12.8. The Hall–Kier alpha value is -1.89. The van der Waals surface area contributed by atoms with Crippen LogP contribution in [0.15, 0.2) is 42.5 Å². The van der Waals surface area contributed by atoms with E-state index in [0.29, 0.717) is 10.6 Å². The maximum atomic E-state index is 12.5. The number of rotatable bonds is 7.